The van der Waals surface area contributed by atoms with Gasteiger partial charge < -0.3 is 0 Å². The zero-order valence-corrected chi connectivity index (χ0v) is 10.7. The van der Waals surface area contributed by atoms with Gasteiger partial charge >= 0.3 is 0 Å². The summed E-state index contributed by atoms with van der Waals surface area (Å²) in [5.74, 6) is 6.96. The minimum absolute atomic E-state index is 0.263. The summed E-state index contributed by atoms with van der Waals surface area (Å²) in [6.07, 6.45) is 5.27. The minimum atomic E-state index is -2.83. The van der Waals surface area contributed by atoms with Crippen LogP contribution in [0.5, 0.6) is 0 Å². The molecule has 2 unspecified atom stereocenters. The van der Waals surface area contributed by atoms with Crippen LogP contribution in [0, 0.1) is 0 Å². The molecule has 90 valence electrons. The fourth-order valence-electron chi connectivity index (χ4n) is 1.86. The molecule has 1 heterocycles. The van der Waals surface area contributed by atoms with E-state index in [9.17, 15) is 8.42 Å². The summed E-state index contributed by atoms with van der Waals surface area (Å²) in [5.41, 5.74) is 2.81. The summed E-state index contributed by atoms with van der Waals surface area (Å²) < 4.78 is 21.9. The summed E-state index contributed by atoms with van der Waals surface area (Å²) in [7, 11) is -2.83. The third-order valence-electron chi connectivity index (χ3n) is 2.66. The zero-order valence-electron chi connectivity index (χ0n) is 9.11. The number of sulfone groups is 1. The van der Waals surface area contributed by atoms with Crippen molar-refractivity contribution in [2.45, 2.75) is 37.0 Å². The van der Waals surface area contributed by atoms with E-state index in [2.05, 4.69) is 5.43 Å². The maximum atomic E-state index is 11.0. The van der Waals surface area contributed by atoms with E-state index < -0.39 is 9.84 Å². The molecule has 0 saturated carbocycles. The molecule has 4 nitrogen and oxygen atoms in total. The van der Waals surface area contributed by atoms with Crippen molar-refractivity contribution >= 4 is 21.6 Å². The van der Waals surface area contributed by atoms with E-state index in [0.29, 0.717) is 11.7 Å². The van der Waals surface area contributed by atoms with Crippen LogP contribution in [0.1, 0.15) is 25.7 Å². The molecular formula is C9H20N2O2S2. The number of nitrogens with one attached hydrogen (secondary N) is 1. The lowest BCUT2D eigenvalue weighted by molar-refractivity contribution is 0.463. The fourth-order valence-corrected chi connectivity index (χ4v) is 3.97. The molecule has 0 aromatic heterocycles. The lowest BCUT2D eigenvalue weighted by atomic mass is 10.1. The van der Waals surface area contributed by atoms with Crippen molar-refractivity contribution in [3.05, 3.63) is 0 Å². The molecule has 1 saturated heterocycles. The zero-order chi connectivity index (χ0) is 11.3. The highest BCUT2D eigenvalue weighted by Crippen LogP contribution is 2.30. The van der Waals surface area contributed by atoms with Crippen LogP contribution in [0.3, 0.4) is 0 Å². The first kappa shape index (κ1) is 13.3. The Labute approximate surface area is 96.3 Å². The molecule has 0 amide bonds. The van der Waals surface area contributed by atoms with Gasteiger partial charge in [0.15, 0.2) is 0 Å². The summed E-state index contributed by atoms with van der Waals surface area (Å²) in [5, 5.41) is 0.564. The molecule has 15 heavy (non-hydrogen) atoms. The van der Waals surface area contributed by atoms with Crippen LogP contribution in [0.4, 0.5) is 0 Å². The third-order valence-corrected chi connectivity index (χ3v) is 5.21. The van der Waals surface area contributed by atoms with Gasteiger partial charge in [0.1, 0.15) is 9.84 Å². The first-order chi connectivity index (χ1) is 7.03. The highest BCUT2D eigenvalue weighted by Gasteiger charge is 2.24. The van der Waals surface area contributed by atoms with E-state index in [1.54, 1.807) is 0 Å². The minimum Gasteiger partial charge on any atom is -0.271 e. The third kappa shape index (κ3) is 5.19. The average Bonchev–Trinajstić information content (AvgIpc) is 2.63. The van der Waals surface area contributed by atoms with Gasteiger partial charge in [0.25, 0.3) is 0 Å². The monoisotopic (exact) mass is 252 g/mol. The lowest BCUT2D eigenvalue weighted by Crippen LogP contribution is -2.41. The highest BCUT2D eigenvalue weighted by molar-refractivity contribution is 8.00. The molecule has 0 aromatic carbocycles. The molecule has 0 spiro atoms. The largest absolute Gasteiger partial charge is 0.271 e. The highest BCUT2D eigenvalue weighted by atomic mass is 32.2. The van der Waals surface area contributed by atoms with Gasteiger partial charge in [0.2, 0.25) is 0 Å². The Bertz CT molecular complexity index is 274. The van der Waals surface area contributed by atoms with E-state index in [-0.39, 0.29) is 11.8 Å². The molecule has 1 fully saturated rings. The Kier molecular flexibility index (Phi) is 5.38. The van der Waals surface area contributed by atoms with Gasteiger partial charge in [-0.3, -0.25) is 11.3 Å². The molecule has 0 aliphatic carbocycles. The molecule has 0 aromatic rings. The lowest BCUT2D eigenvalue weighted by Gasteiger charge is -2.21. The van der Waals surface area contributed by atoms with Crippen LogP contribution in [0.2, 0.25) is 0 Å². The van der Waals surface area contributed by atoms with Crippen molar-refractivity contribution in [1.82, 2.24) is 5.43 Å². The van der Waals surface area contributed by atoms with Gasteiger partial charge in [-0.25, -0.2) is 8.42 Å². The first-order valence-corrected chi connectivity index (χ1v) is 8.39. The molecule has 0 bridgehead atoms. The fraction of sp³-hybridized carbons (Fsp3) is 1.00. The molecule has 1 rings (SSSR count). The Morgan fingerprint density at radius 1 is 1.60 bits per heavy atom. The van der Waals surface area contributed by atoms with Crippen molar-refractivity contribution in [2.75, 3.05) is 17.8 Å². The van der Waals surface area contributed by atoms with E-state index in [1.807, 2.05) is 11.8 Å². The number of rotatable bonds is 6. The maximum Gasteiger partial charge on any atom is 0.147 e. The van der Waals surface area contributed by atoms with Gasteiger partial charge in [-0.1, -0.05) is 0 Å². The summed E-state index contributed by atoms with van der Waals surface area (Å²) in [6, 6.07) is 0.263. The number of nitrogens with two attached hydrogens (primary N) is 1. The van der Waals surface area contributed by atoms with E-state index in [4.69, 9.17) is 5.84 Å². The van der Waals surface area contributed by atoms with E-state index in [1.165, 1.54) is 24.9 Å². The van der Waals surface area contributed by atoms with Crippen molar-refractivity contribution in [2.24, 2.45) is 5.84 Å². The summed E-state index contributed by atoms with van der Waals surface area (Å²) >= 11 is 1.94. The second-order valence-electron chi connectivity index (χ2n) is 4.10. The molecule has 2 atom stereocenters. The number of thioether (sulfide) groups is 1. The predicted octanol–water partition coefficient (Wildman–Crippen LogP) is 0.539. The topological polar surface area (TPSA) is 72.2 Å². The Balaban J connectivity index is 2.27. The second-order valence-corrected chi connectivity index (χ2v) is 7.70. The van der Waals surface area contributed by atoms with Crippen LogP contribution >= 0.6 is 11.8 Å². The molecule has 6 heteroatoms. The summed E-state index contributed by atoms with van der Waals surface area (Å²) in [4.78, 5) is 0. The van der Waals surface area contributed by atoms with Crippen LogP contribution in [-0.2, 0) is 9.84 Å². The van der Waals surface area contributed by atoms with Crippen LogP contribution < -0.4 is 11.3 Å². The number of hydrazine groups is 1. The molecule has 3 N–H and O–H groups in total. The van der Waals surface area contributed by atoms with Crippen molar-refractivity contribution < 1.29 is 8.42 Å². The average molecular weight is 252 g/mol. The molecule has 1 aliphatic heterocycles. The maximum absolute atomic E-state index is 11.0. The number of hydrogen-bond acceptors (Lipinski definition) is 5. The Morgan fingerprint density at radius 3 is 2.80 bits per heavy atom. The first-order valence-electron chi connectivity index (χ1n) is 5.28. The Morgan fingerprint density at radius 2 is 2.33 bits per heavy atom. The van der Waals surface area contributed by atoms with Crippen LogP contribution in [0.15, 0.2) is 0 Å². The molecular weight excluding hydrogens is 232 g/mol. The number of hydrogen-bond donors (Lipinski definition) is 2. The second kappa shape index (κ2) is 6.08. The van der Waals surface area contributed by atoms with E-state index in [0.717, 1.165) is 6.42 Å². The van der Waals surface area contributed by atoms with Crippen molar-refractivity contribution in [3.63, 3.8) is 0 Å². The van der Waals surface area contributed by atoms with Gasteiger partial charge in [0, 0.05) is 23.3 Å². The van der Waals surface area contributed by atoms with Gasteiger partial charge in [-0.05, 0) is 31.4 Å². The predicted molar refractivity (Wildman–Crippen MR) is 65.5 cm³/mol. The normalized spacial score (nSPS) is 24.3. The van der Waals surface area contributed by atoms with Crippen LogP contribution in [-0.4, -0.2) is 37.5 Å². The quantitative estimate of drug-likeness (QED) is 0.533. The van der Waals surface area contributed by atoms with Gasteiger partial charge in [0.05, 0.1) is 0 Å². The van der Waals surface area contributed by atoms with Crippen molar-refractivity contribution in [1.29, 1.82) is 0 Å². The van der Waals surface area contributed by atoms with Gasteiger partial charge in [-0.2, -0.15) is 11.8 Å². The standard InChI is InChI=1S/C9H20N2O2S2/c1-15(12,13)7-3-4-8(11-10)9-5-2-6-14-9/h8-9,11H,2-7,10H2,1H3. The summed E-state index contributed by atoms with van der Waals surface area (Å²) in [6.45, 7) is 0. The molecule has 0 radical (unpaired) electrons. The SMILES string of the molecule is CS(=O)(=O)CCCC(NN)C1CCCS1. The Hall–Kier alpha value is 0.220. The van der Waals surface area contributed by atoms with Crippen LogP contribution in [0.25, 0.3) is 0 Å². The van der Waals surface area contributed by atoms with E-state index >= 15 is 0 Å². The smallest absolute Gasteiger partial charge is 0.147 e. The molecule has 1 aliphatic rings. The van der Waals surface area contributed by atoms with Crippen molar-refractivity contribution in [3.8, 4) is 0 Å². The van der Waals surface area contributed by atoms with Gasteiger partial charge in [-0.15, -0.1) is 0 Å².